The number of hydrogen-bond acceptors (Lipinski definition) is 5. The molecule has 0 spiro atoms. The van der Waals surface area contributed by atoms with Gasteiger partial charge in [-0.2, -0.15) is 0 Å². The first-order chi connectivity index (χ1) is 12.6. The third-order valence-corrected chi connectivity index (χ3v) is 5.32. The van der Waals surface area contributed by atoms with E-state index >= 15 is 0 Å². The van der Waals surface area contributed by atoms with Crippen LogP contribution in [0.1, 0.15) is 28.2 Å². The van der Waals surface area contributed by atoms with Crippen LogP contribution < -0.4 is 10.7 Å². The van der Waals surface area contributed by atoms with Crippen molar-refractivity contribution < 1.29 is 4.79 Å². The molecule has 0 radical (unpaired) electrons. The number of carbonyl (C=O) groups is 1. The van der Waals surface area contributed by atoms with E-state index in [1.165, 1.54) is 17.3 Å². The summed E-state index contributed by atoms with van der Waals surface area (Å²) in [5.74, 6) is 1.06. The summed E-state index contributed by atoms with van der Waals surface area (Å²) in [5.41, 5.74) is 2.15. The summed E-state index contributed by atoms with van der Waals surface area (Å²) in [4.78, 5) is 29.5. The van der Waals surface area contributed by atoms with Gasteiger partial charge in [0.25, 0.3) is 5.91 Å². The van der Waals surface area contributed by atoms with Crippen molar-refractivity contribution in [3.8, 4) is 0 Å². The van der Waals surface area contributed by atoms with Gasteiger partial charge in [0.15, 0.2) is 0 Å². The Morgan fingerprint density at radius 3 is 3.12 bits per heavy atom. The average molecular weight is 369 g/mol. The minimum absolute atomic E-state index is 0.199. The highest BCUT2D eigenvalue weighted by Gasteiger charge is 2.19. The molecule has 0 unspecified atom stereocenters. The van der Waals surface area contributed by atoms with Gasteiger partial charge in [-0.25, -0.2) is 4.98 Å². The van der Waals surface area contributed by atoms with Gasteiger partial charge in [0.1, 0.15) is 11.4 Å². The average Bonchev–Trinajstić information content (AvgIpc) is 3.07. The second-order valence-corrected chi connectivity index (χ2v) is 7.35. The number of para-hydroxylation sites is 1. The molecule has 7 nitrogen and oxygen atoms in total. The fourth-order valence-electron chi connectivity index (χ4n) is 3.31. The van der Waals surface area contributed by atoms with Crippen LogP contribution in [0.2, 0.25) is 0 Å². The van der Waals surface area contributed by atoms with E-state index in [-0.39, 0.29) is 16.9 Å². The molecule has 8 heteroatoms. The molecule has 0 bridgehead atoms. The van der Waals surface area contributed by atoms with Gasteiger partial charge in [-0.15, -0.1) is 5.10 Å². The summed E-state index contributed by atoms with van der Waals surface area (Å²) in [7, 11) is 0. The number of aryl methyl sites for hydroxylation is 3. The lowest BCUT2D eigenvalue weighted by Gasteiger charge is -2.20. The molecule has 26 heavy (non-hydrogen) atoms. The minimum Gasteiger partial charge on any atom is -0.351 e. The van der Waals surface area contributed by atoms with E-state index in [1.54, 1.807) is 12.3 Å². The van der Waals surface area contributed by atoms with Gasteiger partial charge in [-0.1, -0.05) is 23.9 Å². The lowest BCUT2D eigenvalue weighted by atomic mass is 10.00. The molecule has 2 N–H and O–H groups in total. The molecule has 0 atom stereocenters. The van der Waals surface area contributed by atoms with E-state index < -0.39 is 0 Å². The third kappa shape index (κ3) is 3.12. The van der Waals surface area contributed by atoms with E-state index in [4.69, 9.17) is 0 Å². The van der Waals surface area contributed by atoms with E-state index in [0.29, 0.717) is 22.8 Å². The third-order valence-electron chi connectivity index (χ3n) is 4.47. The number of nitrogens with zero attached hydrogens (tertiary/aromatic N) is 3. The molecule has 3 heterocycles. The number of hydrogen-bond donors (Lipinski definition) is 2. The number of nitrogens with one attached hydrogen (secondary N) is 2. The van der Waals surface area contributed by atoms with Crippen LogP contribution >= 0.6 is 11.8 Å². The van der Waals surface area contributed by atoms with E-state index in [2.05, 4.69) is 26.6 Å². The Labute approximate surface area is 154 Å². The predicted octanol–water partition coefficient (Wildman–Crippen LogP) is 1.90. The van der Waals surface area contributed by atoms with Crippen molar-refractivity contribution >= 4 is 28.6 Å². The Morgan fingerprint density at radius 1 is 1.42 bits per heavy atom. The summed E-state index contributed by atoms with van der Waals surface area (Å²) >= 11 is 1.45. The summed E-state index contributed by atoms with van der Waals surface area (Å²) in [6.07, 6.45) is 3.69. The molecule has 0 aliphatic carbocycles. The highest BCUT2D eigenvalue weighted by molar-refractivity contribution is 7.99. The number of thioether (sulfide) groups is 1. The smallest absolute Gasteiger partial charge is 0.256 e. The van der Waals surface area contributed by atoms with Crippen LogP contribution in [0, 0.1) is 6.92 Å². The zero-order valence-corrected chi connectivity index (χ0v) is 15.2. The van der Waals surface area contributed by atoms with Gasteiger partial charge in [0.2, 0.25) is 10.6 Å². The Bertz CT molecular complexity index is 1040. The molecule has 0 saturated heterocycles. The number of amides is 1. The lowest BCUT2D eigenvalue weighted by molar-refractivity contribution is 0.0954. The molecule has 1 aliphatic rings. The van der Waals surface area contributed by atoms with Crippen molar-refractivity contribution in [1.82, 2.24) is 25.1 Å². The van der Waals surface area contributed by atoms with E-state index in [0.717, 1.165) is 30.7 Å². The minimum atomic E-state index is -0.330. The standard InChI is InChI=1S/C18H19N5O2S/c1-11-20-18(22-21-11)26-9-7-19-17(25)14-10-23-8-3-5-12-4-2-6-13(15(12)23)16(14)24/h2,4,6,10H,3,5,7-9H2,1H3,(H,19,25)(H,20,21,22). The number of H-pyrrole nitrogens is 1. The van der Waals surface area contributed by atoms with Crippen molar-refractivity contribution in [3.63, 3.8) is 0 Å². The summed E-state index contributed by atoms with van der Waals surface area (Å²) in [5, 5.41) is 10.9. The SMILES string of the molecule is Cc1nc(SCCNC(=O)c2cn3c4c(cccc4c2=O)CCC3)n[nH]1. The van der Waals surface area contributed by atoms with Gasteiger partial charge in [-0.3, -0.25) is 14.7 Å². The quantitative estimate of drug-likeness (QED) is 0.529. The Hall–Kier alpha value is -2.61. The van der Waals surface area contributed by atoms with Gasteiger partial charge in [0.05, 0.1) is 5.52 Å². The van der Waals surface area contributed by atoms with Gasteiger partial charge < -0.3 is 9.88 Å². The Morgan fingerprint density at radius 2 is 2.31 bits per heavy atom. The van der Waals surface area contributed by atoms with Gasteiger partial charge in [0, 0.05) is 30.4 Å². The molecule has 1 aliphatic heterocycles. The number of aromatic amines is 1. The highest BCUT2D eigenvalue weighted by Crippen LogP contribution is 2.23. The van der Waals surface area contributed by atoms with Gasteiger partial charge in [-0.05, 0) is 31.4 Å². The predicted molar refractivity (Wildman–Crippen MR) is 101 cm³/mol. The summed E-state index contributed by atoms with van der Waals surface area (Å²) in [6.45, 7) is 3.10. The van der Waals surface area contributed by atoms with Crippen LogP contribution in [-0.4, -0.2) is 38.0 Å². The maximum atomic E-state index is 12.8. The van der Waals surface area contributed by atoms with Crippen LogP contribution in [0.15, 0.2) is 34.3 Å². The molecule has 2 aromatic heterocycles. The largest absolute Gasteiger partial charge is 0.351 e. The zero-order chi connectivity index (χ0) is 18.1. The fourth-order valence-corrected chi connectivity index (χ4v) is 4.00. The highest BCUT2D eigenvalue weighted by atomic mass is 32.2. The molecular formula is C18H19N5O2S. The maximum Gasteiger partial charge on any atom is 0.256 e. The number of carbonyl (C=O) groups excluding carboxylic acids is 1. The molecule has 0 fully saturated rings. The van der Waals surface area contributed by atoms with Crippen LogP contribution in [0.4, 0.5) is 0 Å². The van der Waals surface area contributed by atoms with Gasteiger partial charge >= 0.3 is 0 Å². The topological polar surface area (TPSA) is 92.7 Å². The summed E-state index contributed by atoms with van der Waals surface area (Å²) in [6, 6.07) is 5.76. The first-order valence-corrected chi connectivity index (χ1v) is 9.57. The second kappa shape index (κ2) is 6.95. The van der Waals surface area contributed by atoms with E-state index in [9.17, 15) is 9.59 Å². The molecule has 0 saturated carbocycles. The van der Waals surface area contributed by atoms with Crippen molar-refractivity contribution in [2.75, 3.05) is 12.3 Å². The number of benzene rings is 1. The fraction of sp³-hybridized carbons (Fsp3) is 0.333. The first-order valence-electron chi connectivity index (χ1n) is 8.58. The number of pyridine rings is 1. The van der Waals surface area contributed by atoms with Crippen molar-refractivity contribution in [1.29, 1.82) is 0 Å². The maximum absolute atomic E-state index is 12.8. The van der Waals surface area contributed by atoms with Crippen LogP contribution in [0.25, 0.3) is 10.9 Å². The van der Waals surface area contributed by atoms with Crippen molar-refractivity contribution in [3.05, 3.63) is 51.6 Å². The van der Waals surface area contributed by atoms with Crippen LogP contribution in [0.5, 0.6) is 0 Å². The second-order valence-electron chi connectivity index (χ2n) is 6.29. The first kappa shape index (κ1) is 16.8. The zero-order valence-electron chi connectivity index (χ0n) is 14.4. The molecule has 1 amide bonds. The van der Waals surface area contributed by atoms with Crippen LogP contribution in [-0.2, 0) is 13.0 Å². The Balaban J connectivity index is 1.50. The molecular weight excluding hydrogens is 350 g/mol. The molecule has 4 rings (SSSR count). The molecule has 1 aromatic carbocycles. The lowest BCUT2D eigenvalue weighted by Crippen LogP contribution is -2.32. The summed E-state index contributed by atoms with van der Waals surface area (Å²) < 4.78 is 2.04. The molecule has 3 aromatic rings. The molecule has 134 valence electrons. The van der Waals surface area contributed by atoms with Crippen molar-refractivity contribution in [2.24, 2.45) is 0 Å². The monoisotopic (exact) mass is 369 g/mol. The van der Waals surface area contributed by atoms with E-state index in [1.807, 2.05) is 17.6 Å². The van der Waals surface area contributed by atoms with Crippen LogP contribution in [0.3, 0.4) is 0 Å². The normalized spacial score (nSPS) is 13.1. The number of aromatic nitrogens is 4. The Kier molecular flexibility index (Phi) is 4.50. The number of rotatable bonds is 5. The van der Waals surface area contributed by atoms with Crippen molar-refractivity contribution in [2.45, 2.75) is 31.5 Å².